The molecule has 148 valence electrons. The minimum atomic E-state index is -0.258. The van der Waals surface area contributed by atoms with E-state index in [1.54, 1.807) is 26.4 Å². The number of piperidine rings is 1. The van der Waals surface area contributed by atoms with E-state index in [9.17, 15) is 4.79 Å². The molecule has 1 fully saturated rings. The fraction of sp³-hybridized carbons (Fsp3) is 0.381. The van der Waals surface area contributed by atoms with Gasteiger partial charge in [-0.25, -0.2) is 9.97 Å². The van der Waals surface area contributed by atoms with Gasteiger partial charge in [0.2, 0.25) is 5.91 Å². The highest BCUT2D eigenvalue weighted by atomic mass is 16.5. The Kier molecular flexibility index (Phi) is 6.47. The molecule has 7 heteroatoms. The van der Waals surface area contributed by atoms with E-state index in [1.165, 1.54) is 12.4 Å². The Hall–Kier alpha value is -3.09. The number of methoxy groups -OCH3 is 2. The van der Waals surface area contributed by atoms with Crippen LogP contribution in [0.25, 0.3) is 6.08 Å². The molecule has 0 bridgehead atoms. The maximum Gasteiger partial charge on any atom is 0.249 e. The number of aromatic nitrogens is 2. The van der Waals surface area contributed by atoms with Crippen LogP contribution in [-0.4, -0.2) is 43.2 Å². The molecule has 3 rings (SSSR count). The van der Waals surface area contributed by atoms with Crippen LogP contribution in [0.2, 0.25) is 0 Å². The largest absolute Gasteiger partial charge is 0.493 e. The Balaban J connectivity index is 1.63. The van der Waals surface area contributed by atoms with Gasteiger partial charge in [0.25, 0.3) is 0 Å². The van der Waals surface area contributed by atoms with Crippen LogP contribution in [0, 0.1) is 5.92 Å². The quantitative estimate of drug-likeness (QED) is 0.772. The van der Waals surface area contributed by atoms with E-state index >= 15 is 0 Å². The first-order valence-electron chi connectivity index (χ1n) is 9.37. The third-order valence-corrected chi connectivity index (χ3v) is 4.85. The van der Waals surface area contributed by atoms with Crippen LogP contribution < -0.4 is 19.7 Å². The van der Waals surface area contributed by atoms with Crippen molar-refractivity contribution in [3.8, 4) is 11.5 Å². The Morgan fingerprint density at radius 3 is 2.61 bits per heavy atom. The van der Waals surface area contributed by atoms with Crippen molar-refractivity contribution in [2.75, 3.05) is 37.5 Å². The molecule has 2 aromatic rings. The van der Waals surface area contributed by atoms with Gasteiger partial charge in [-0.3, -0.25) is 4.79 Å². The monoisotopic (exact) mass is 382 g/mol. The highest BCUT2D eigenvalue weighted by Crippen LogP contribution is 2.28. The standard InChI is InChI=1S/C21H26N4O3/c1-15-8-10-25(11-9-15)20-13-19(22-14-23-20)24-21(26)7-5-16-4-6-17(27-2)18(12-16)28-3/h4-7,12-15H,8-11H2,1-3H3,(H,22,23,24,26)/b7-5+. The van der Waals surface area contributed by atoms with E-state index < -0.39 is 0 Å². The van der Waals surface area contributed by atoms with Crippen LogP contribution in [0.1, 0.15) is 25.3 Å². The van der Waals surface area contributed by atoms with E-state index in [2.05, 4.69) is 27.1 Å². The van der Waals surface area contributed by atoms with Crippen molar-refractivity contribution >= 4 is 23.6 Å². The molecule has 1 aliphatic rings. The third kappa shape index (κ3) is 5.00. The van der Waals surface area contributed by atoms with Crippen molar-refractivity contribution in [1.29, 1.82) is 0 Å². The number of anilines is 2. The molecule has 7 nitrogen and oxygen atoms in total. The molecule has 0 radical (unpaired) electrons. The van der Waals surface area contributed by atoms with Crippen molar-refractivity contribution in [2.45, 2.75) is 19.8 Å². The summed E-state index contributed by atoms with van der Waals surface area (Å²) < 4.78 is 10.5. The lowest BCUT2D eigenvalue weighted by atomic mass is 9.99. The molecule has 1 aliphatic heterocycles. The molecule has 1 aromatic carbocycles. The Labute approximate surface area is 165 Å². The Morgan fingerprint density at radius 2 is 1.89 bits per heavy atom. The number of carbonyl (C=O) groups excluding carboxylic acids is 1. The van der Waals surface area contributed by atoms with Gasteiger partial charge in [-0.15, -0.1) is 0 Å². The van der Waals surface area contributed by atoms with E-state index in [4.69, 9.17) is 9.47 Å². The molecule has 0 spiro atoms. The summed E-state index contributed by atoms with van der Waals surface area (Å²) in [5.74, 6) is 3.09. The summed E-state index contributed by atoms with van der Waals surface area (Å²) in [4.78, 5) is 23.0. The lowest BCUT2D eigenvalue weighted by Gasteiger charge is -2.31. The normalized spacial score (nSPS) is 14.9. The minimum absolute atomic E-state index is 0.258. The summed E-state index contributed by atoms with van der Waals surface area (Å²) in [7, 11) is 3.16. The van der Waals surface area contributed by atoms with Gasteiger partial charge in [0.15, 0.2) is 11.5 Å². The second-order valence-electron chi connectivity index (χ2n) is 6.87. The number of nitrogens with zero attached hydrogens (tertiary/aromatic N) is 3. The second kappa shape index (κ2) is 9.21. The maximum atomic E-state index is 12.3. The van der Waals surface area contributed by atoms with E-state index in [-0.39, 0.29) is 5.91 Å². The van der Waals surface area contributed by atoms with Crippen molar-refractivity contribution < 1.29 is 14.3 Å². The number of amides is 1. The highest BCUT2D eigenvalue weighted by molar-refractivity contribution is 6.01. The highest BCUT2D eigenvalue weighted by Gasteiger charge is 2.17. The fourth-order valence-corrected chi connectivity index (χ4v) is 3.12. The first-order valence-corrected chi connectivity index (χ1v) is 9.37. The number of ether oxygens (including phenoxy) is 2. The number of hydrogen-bond acceptors (Lipinski definition) is 6. The number of benzene rings is 1. The predicted molar refractivity (Wildman–Crippen MR) is 110 cm³/mol. The van der Waals surface area contributed by atoms with Crippen LogP contribution in [0.3, 0.4) is 0 Å². The van der Waals surface area contributed by atoms with Crippen molar-refractivity contribution in [1.82, 2.24) is 9.97 Å². The summed E-state index contributed by atoms with van der Waals surface area (Å²) in [6.07, 6.45) is 6.97. The zero-order valence-corrected chi connectivity index (χ0v) is 16.5. The SMILES string of the molecule is COc1ccc(/C=C/C(=O)Nc2cc(N3CCC(C)CC3)ncn2)cc1OC. The van der Waals surface area contributed by atoms with Gasteiger partial charge >= 0.3 is 0 Å². The first kappa shape index (κ1) is 19.7. The average molecular weight is 382 g/mol. The summed E-state index contributed by atoms with van der Waals surface area (Å²) in [6.45, 7) is 4.23. The molecule has 2 heterocycles. The lowest BCUT2D eigenvalue weighted by molar-refractivity contribution is -0.111. The molecule has 0 atom stereocenters. The zero-order valence-electron chi connectivity index (χ0n) is 16.5. The Morgan fingerprint density at radius 1 is 1.14 bits per heavy atom. The molecule has 0 unspecified atom stereocenters. The van der Waals surface area contributed by atoms with Gasteiger partial charge in [-0.1, -0.05) is 13.0 Å². The van der Waals surface area contributed by atoms with Gasteiger partial charge in [0.05, 0.1) is 14.2 Å². The Bertz CT molecular complexity index is 845. The topological polar surface area (TPSA) is 76.6 Å². The molecular weight excluding hydrogens is 356 g/mol. The number of hydrogen-bond donors (Lipinski definition) is 1. The van der Waals surface area contributed by atoms with Gasteiger partial charge < -0.3 is 19.7 Å². The summed E-state index contributed by atoms with van der Waals surface area (Å²) in [6, 6.07) is 7.28. The van der Waals surface area contributed by atoms with Gasteiger partial charge in [-0.2, -0.15) is 0 Å². The fourth-order valence-electron chi connectivity index (χ4n) is 3.12. The number of carbonyl (C=O) groups is 1. The molecule has 0 aliphatic carbocycles. The second-order valence-corrected chi connectivity index (χ2v) is 6.87. The molecule has 0 saturated carbocycles. The van der Waals surface area contributed by atoms with Crippen molar-refractivity contribution in [3.05, 3.63) is 42.2 Å². The number of nitrogens with one attached hydrogen (secondary N) is 1. The van der Waals surface area contributed by atoms with Crippen LogP contribution in [0.15, 0.2) is 36.7 Å². The van der Waals surface area contributed by atoms with Gasteiger partial charge in [0, 0.05) is 25.2 Å². The number of rotatable bonds is 6. The molecule has 1 aromatic heterocycles. The molecular formula is C21H26N4O3. The zero-order chi connectivity index (χ0) is 19.9. The van der Waals surface area contributed by atoms with Crippen molar-refractivity contribution in [3.63, 3.8) is 0 Å². The summed E-state index contributed by atoms with van der Waals surface area (Å²) in [5, 5.41) is 2.79. The lowest BCUT2D eigenvalue weighted by Crippen LogP contribution is -2.33. The van der Waals surface area contributed by atoms with Crippen LogP contribution in [0.4, 0.5) is 11.6 Å². The van der Waals surface area contributed by atoms with Crippen LogP contribution in [-0.2, 0) is 4.79 Å². The van der Waals surface area contributed by atoms with Crippen LogP contribution >= 0.6 is 0 Å². The molecule has 28 heavy (non-hydrogen) atoms. The van der Waals surface area contributed by atoms with E-state index in [1.807, 2.05) is 18.2 Å². The minimum Gasteiger partial charge on any atom is -0.493 e. The third-order valence-electron chi connectivity index (χ3n) is 4.85. The smallest absolute Gasteiger partial charge is 0.249 e. The predicted octanol–water partition coefficient (Wildman–Crippen LogP) is 3.38. The van der Waals surface area contributed by atoms with E-state index in [0.29, 0.717) is 17.3 Å². The molecule has 1 saturated heterocycles. The van der Waals surface area contributed by atoms with Crippen LogP contribution in [0.5, 0.6) is 11.5 Å². The molecule has 1 amide bonds. The molecule has 1 N–H and O–H groups in total. The van der Waals surface area contributed by atoms with Gasteiger partial charge in [-0.05, 0) is 42.5 Å². The maximum absolute atomic E-state index is 12.3. The first-order chi connectivity index (χ1) is 13.6. The average Bonchev–Trinajstić information content (AvgIpc) is 2.72. The summed E-state index contributed by atoms with van der Waals surface area (Å²) in [5.41, 5.74) is 0.832. The van der Waals surface area contributed by atoms with Gasteiger partial charge in [0.1, 0.15) is 18.0 Å². The summed E-state index contributed by atoms with van der Waals surface area (Å²) >= 11 is 0. The van der Waals surface area contributed by atoms with Crippen molar-refractivity contribution in [2.24, 2.45) is 5.92 Å². The van der Waals surface area contributed by atoms with E-state index in [0.717, 1.165) is 43.2 Å².